The molecule has 0 fully saturated rings. The summed E-state index contributed by atoms with van der Waals surface area (Å²) in [6.45, 7) is 7.03. The molecule has 0 aliphatic rings. The highest BCUT2D eigenvalue weighted by Gasteiger charge is 2.08. The molecule has 15 heavy (non-hydrogen) atoms. The van der Waals surface area contributed by atoms with Crippen molar-refractivity contribution in [1.29, 1.82) is 0 Å². The van der Waals surface area contributed by atoms with Crippen LogP contribution in [0.25, 0.3) is 0 Å². The van der Waals surface area contributed by atoms with Gasteiger partial charge in [-0.2, -0.15) is 0 Å². The fourth-order valence-corrected chi connectivity index (χ4v) is 1.40. The number of hydrogen-bond acceptors (Lipinski definition) is 2. The average Bonchev–Trinajstić information content (AvgIpc) is 2.11. The lowest BCUT2D eigenvalue weighted by molar-refractivity contribution is -0.00384. The van der Waals surface area contributed by atoms with Crippen molar-refractivity contribution in [1.82, 2.24) is 0 Å². The summed E-state index contributed by atoms with van der Waals surface area (Å²) < 4.78 is 5.65. The SMILES string of the molecule is CC(C)(C)OCCCc1cccc(N)c1. The zero-order valence-corrected chi connectivity index (χ0v) is 9.92. The van der Waals surface area contributed by atoms with Gasteiger partial charge in [0.1, 0.15) is 0 Å². The van der Waals surface area contributed by atoms with Crippen molar-refractivity contribution in [3.63, 3.8) is 0 Å². The first-order valence-electron chi connectivity index (χ1n) is 5.46. The number of benzene rings is 1. The molecule has 84 valence electrons. The second kappa shape index (κ2) is 5.17. The van der Waals surface area contributed by atoms with E-state index in [4.69, 9.17) is 10.5 Å². The van der Waals surface area contributed by atoms with E-state index in [1.165, 1.54) is 5.56 Å². The summed E-state index contributed by atoms with van der Waals surface area (Å²) in [7, 11) is 0. The minimum Gasteiger partial charge on any atom is -0.399 e. The normalized spacial score (nSPS) is 11.7. The maximum atomic E-state index is 5.70. The van der Waals surface area contributed by atoms with Gasteiger partial charge >= 0.3 is 0 Å². The predicted molar refractivity (Wildman–Crippen MR) is 64.9 cm³/mol. The van der Waals surface area contributed by atoms with Crippen LogP contribution < -0.4 is 5.73 Å². The van der Waals surface area contributed by atoms with Crippen molar-refractivity contribution < 1.29 is 4.74 Å². The van der Waals surface area contributed by atoms with E-state index < -0.39 is 0 Å². The van der Waals surface area contributed by atoms with Crippen molar-refractivity contribution in [2.75, 3.05) is 12.3 Å². The van der Waals surface area contributed by atoms with E-state index in [-0.39, 0.29) is 5.60 Å². The Morgan fingerprint density at radius 1 is 1.27 bits per heavy atom. The zero-order valence-electron chi connectivity index (χ0n) is 9.92. The molecule has 0 amide bonds. The first-order chi connectivity index (χ1) is 6.97. The second-order valence-electron chi connectivity index (χ2n) is 4.81. The fraction of sp³-hybridized carbons (Fsp3) is 0.538. The van der Waals surface area contributed by atoms with Gasteiger partial charge in [-0.1, -0.05) is 12.1 Å². The van der Waals surface area contributed by atoms with Crippen LogP contribution in [0.1, 0.15) is 32.8 Å². The van der Waals surface area contributed by atoms with Crippen LogP contribution in [-0.2, 0) is 11.2 Å². The molecule has 0 heterocycles. The smallest absolute Gasteiger partial charge is 0.0598 e. The Kier molecular flexibility index (Phi) is 4.15. The second-order valence-corrected chi connectivity index (χ2v) is 4.81. The van der Waals surface area contributed by atoms with E-state index in [1.54, 1.807) is 0 Å². The molecule has 0 saturated carbocycles. The number of ether oxygens (including phenoxy) is 1. The number of anilines is 1. The molecule has 0 radical (unpaired) electrons. The zero-order chi connectivity index (χ0) is 11.3. The van der Waals surface area contributed by atoms with Gasteiger partial charge in [-0.15, -0.1) is 0 Å². The maximum Gasteiger partial charge on any atom is 0.0598 e. The Hall–Kier alpha value is -1.02. The lowest BCUT2D eigenvalue weighted by Crippen LogP contribution is -2.19. The third-order valence-corrected chi connectivity index (χ3v) is 2.10. The van der Waals surface area contributed by atoms with Crippen LogP contribution in [-0.4, -0.2) is 12.2 Å². The van der Waals surface area contributed by atoms with E-state index in [0.29, 0.717) is 0 Å². The maximum absolute atomic E-state index is 5.70. The van der Waals surface area contributed by atoms with Gasteiger partial charge in [-0.3, -0.25) is 0 Å². The molecule has 2 nitrogen and oxygen atoms in total. The number of nitrogen functional groups attached to an aromatic ring is 1. The van der Waals surface area contributed by atoms with E-state index >= 15 is 0 Å². The van der Waals surface area contributed by atoms with Gasteiger partial charge in [0, 0.05) is 12.3 Å². The van der Waals surface area contributed by atoms with Crippen LogP contribution in [0.2, 0.25) is 0 Å². The summed E-state index contributed by atoms with van der Waals surface area (Å²) in [5, 5.41) is 0. The summed E-state index contributed by atoms with van der Waals surface area (Å²) >= 11 is 0. The van der Waals surface area contributed by atoms with Gasteiger partial charge in [-0.25, -0.2) is 0 Å². The lowest BCUT2D eigenvalue weighted by atomic mass is 10.1. The van der Waals surface area contributed by atoms with Gasteiger partial charge in [0.05, 0.1) is 5.60 Å². The van der Waals surface area contributed by atoms with Crippen LogP contribution in [0, 0.1) is 0 Å². The number of nitrogens with two attached hydrogens (primary N) is 1. The molecule has 0 aliphatic heterocycles. The quantitative estimate of drug-likeness (QED) is 0.608. The first kappa shape index (κ1) is 12.1. The summed E-state index contributed by atoms with van der Waals surface area (Å²) in [4.78, 5) is 0. The summed E-state index contributed by atoms with van der Waals surface area (Å²) in [5.41, 5.74) is 7.79. The molecule has 0 unspecified atom stereocenters. The molecule has 0 spiro atoms. The summed E-state index contributed by atoms with van der Waals surface area (Å²) in [6.07, 6.45) is 2.07. The van der Waals surface area contributed by atoms with Crippen molar-refractivity contribution in [3.8, 4) is 0 Å². The van der Waals surface area contributed by atoms with E-state index in [2.05, 4.69) is 26.8 Å². The van der Waals surface area contributed by atoms with Crippen molar-refractivity contribution in [3.05, 3.63) is 29.8 Å². The highest BCUT2D eigenvalue weighted by molar-refractivity contribution is 5.40. The van der Waals surface area contributed by atoms with Crippen LogP contribution in [0.3, 0.4) is 0 Å². The topological polar surface area (TPSA) is 35.2 Å². The van der Waals surface area contributed by atoms with Crippen molar-refractivity contribution in [2.24, 2.45) is 0 Å². The largest absolute Gasteiger partial charge is 0.399 e. The molecule has 0 aromatic heterocycles. The Bertz CT molecular complexity index is 302. The molecule has 2 heteroatoms. The van der Waals surface area contributed by atoms with Gasteiger partial charge in [0.25, 0.3) is 0 Å². The standard InChI is InChI=1S/C13H21NO/c1-13(2,3)15-9-5-7-11-6-4-8-12(14)10-11/h4,6,8,10H,5,7,9,14H2,1-3H3. The number of rotatable bonds is 4. The number of hydrogen-bond donors (Lipinski definition) is 1. The Balaban J connectivity index is 2.26. The highest BCUT2D eigenvalue weighted by Crippen LogP contribution is 2.11. The van der Waals surface area contributed by atoms with E-state index in [0.717, 1.165) is 25.1 Å². The van der Waals surface area contributed by atoms with Gasteiger partial charge in [0.2, 0.25) is 0 Å². The molecule has 0 bridgehead atoms. The predicted octanol–water partition coefficient (Wildman–Crippen LogP) is 3.02. The Morgan fingerprint density at radius 3 is 2.60 bits per heavy atom. The van der Waals surface area contributed by atoms with E-state index in [1.807, 2.05) is 18.2 Å². The molecule has 1 aromatic rings. The first-order valence-corrected chi connectivity index (χ1v) is 5.46. The number of aryl methyl sites for hydroxylation is 1. The Labute approximate surface area is 92.4 Å². The van der Waals surface area contributed by atoms with Crippen LogP contribution in [0.4, 0.5) is 5.69 Å². The minimum absolute atomic E-state index is 0.0320. The monoisotopic (exact) mass is 207 g/mol. The molecule has 1 aromatic carbocycles. The Morgan fingerprint density at radius 2 is 2.00 bits per heavy atom. The minimum atomic E-state index is -0.0320. The third-order valence-electron chi connectivity index (χ3n) is 2.10. The van der Waals surface area contributed by atoms with Crippen LogP contribution in [0.15, 0.2) is 24.3 Å². The molecule has 0 atom stereocenters. The molecule has 0 aliphatic carbocycles. The van der Waals surface area contributed by atoms with Gasteiger partial charge in [0.15, 0.2) is 0 Å². The average molecular weight is 207 g/mol. The summed E-state index contributed by atoms with van der Waals surface area (Å²) in [5.74, 6) is 0. The third kappa shape index (κ3) is 5.43. The molecular formula is C13H21NO. The molecule has 1 rings (SSSR count). The van der Waals surface area contributed by atoms with Crippen LogP contribution >= 0.6 is 0 Å². The van der Waals surface area contributed by atoms with Gasteiger partial charge in [-0.05, 0) is 51.3 Å². The summed E-state index contributed by atoms with van der Waals surface area (Å²) in [6, 6.07) is 8.04. The van der Waals surface area contributed by atoms with Crippen molar-refractivity contribution in [2.45, 2.75) is 39.2 Å². The lowest BCUT2D eigenvalue weighted by Gasteiger charge is -2.19. The molecular weight excluding hydrogens is 186 g/mol. The molecule has 2 N–H and O–H groups in total. The fourth-order valence-electron chi connectivity index (χ4n) is 1.40. The van der Waals surface area contributed by atoms with Gasteiger partial charge < -0.3 is 10.5 Å². The van der Waals surface area contributed by atoms with Crippen LogP contribution in [0.5, 0.6) is 0 Å². The highest BCUT2D eigenvalue weighted by atomic mass is 16.5. The van der Waals surface area contributed by atoms with Crippen molar-refractivity contribution >= 4 is 5.69 Å². The molecule has 0 saturated heterocycles. The van der Waals surface area contributed by atoms with E-state index in [9.17, 15) is 0 Å².